The predicted octanol–water partition coefficient (Wildman–Crippen LogP) is 12.6. The van der Waals surface area contributed by atoms with Gasteiger partial charge in [-0.2, -0.15) is 19.3 Å². The summed E-state index contributed by atoms with van der Waals surface area (Å²) in [5.74, 6) is 6.08. The van der Waals surface area contributed by atoms with Gasteiger partial charge in [0.25, 0.3) is 0 Å². The largest absolute Gasteiger partial charge is 0.544 e. The maximum Gasteiger partial charge on any atom is 0.184 e. The SMILES string of the molecule is CCC1O[C@@H](OC2[C@H](O[C@H]3CCC4(C)C5CCC6C7CC(C)(C)CC[C@]7([C-]=O)[CH-]C[C@@]6(C)[C@@]5(C)CC[C@H]4[C-]3C)OC(C)[C@H](C)[C@@H]2O[C@@H]2OC[C@H](C)[C@H](C)C2C)C(C)[C@@H](C)[C@H]1C.[CH3-].[V].[W].[Y]. The van der Waals surface area contributed by atoms with Gasteiger partial charge in [0.15, 0.2) is 18.9 Å². The Morgan fingerprint density at radius 2 is 1.37 bits per heavy atom. The van der Waals surface area contributed by atoms with E-state index in [4.69, 9.17) is 28.4 Å². The molecule has 0 bridgehead atoms. The first kappa shape index (κ1) is 59.4. The average Bonchev–Trinajstić information content (AvgIpc) is 3.22. The molecule has 2 radical (unpaired) electrons. The van der Waals surface area contributed by atoms with E-state index in [1.165, 1.54) is 31.6 Å². The molecule has 5 saturated carbocycles. The molecule has 3 aliphatic heterocycles. The minimum Gasteiger partial charge on any atom is -0.544 e. The second kappa shape index (κ2) is 22.1. The number of carbonyl (C=O) groups excluding carboxylic acids is 1. The van der Waals surface area contributed by atoms with Gasteiger partial charge in [-0.15, -0.1) is 0 Å². The van der Waals surface area contributed by atoms with Crippen LogP contribution >= 0.6 is 0 Å². The molecule has 372 valence electrons. The zero-order valence-corrected chi connectivity index (χ0v) is 51.0. The van der Waals surface area contributed by atoms with Gasteiger partial charge in [-0.25, -0.2) is 0 Å². The minimum absolute atomic E-state index is 0. The average molecular weight is 1190 g/mol. The maximum atomic E-state index is 12.9. The van der Waals surface area contributed by atoms with Crippen LogP contribution in [0.4, 0.5) is 0 Å². The Hall–Kier alpha value is 1.81. The van der Waals surface area contributed by atoms with E-state index in [2.05, 4.69) is 117 Å². The molecular formula is C55H92O7VWY-4. The molecule has 3 heterocycles. The summed E-state index contributed by atoms with van der Waals surface area (Å²) >= 11 is 0. The monoisotopic (exact) mass is 1190 g/mol. The number of hydrogen-bond acceptors (Lipinski definition) is 7. The normalized spacial score (nSPS) is 52.8. The summed E-state index contributed by atoms with van der Waals surface area (Å²) in [5, 5.41) is 0. The van der Waals surface area contributed by atoms with Crippen LogP contribution in [-0.4, -0.2) is 62.3 Å². The Labute approximate surface area is 450 Å². The molecule has 0 aromatic heterocycles. The first-order valence-electron chi connectivity index (χ1n) is 25.6. The zero-order valence-electron chi connectivity index (χ0n) is 43.8. The second-order valence-corrected chi connectivity index (χ2v) is 24.8. The van der Waals surface area contributed by atoms with E-state index in [0.29, 0.717) is 54.0 Å². The van der Waals surface area contributed by atoms with Gasteiger partial charge in [-0.1, -0.05) is 139 Å². The van der Waals surface area contributed by atoms with Crippen molar-refractivity contribution in [3.8, 4) is 0 Å². The quantitative estimate of drug-likeness (QED) is 0.177. The van der Waals surface area contributed by atoms with Gasteiger partial charge in [0.1, 0.15) is 6.10 Å². The maximum absolute atomic E-state index is 12.9. The van der Waals surface area contributed by atoms with E-state index in [9.17, 15) is 4.79 Å². The molecule has 0 spiro atoms. The number of ether oxygens (including phenoxy) is 6. The van der Waals surface area contributed by atoms with E-state index in [1.54, 1.807) is 0 Å². The molecule has 9 unspecified atom stereocenters. The van der Waals surface area contributed by atoms with Gasteiger partial charge in [0.2, 0.25) is 0 Å². The second-order valence-electron chi connectivity index (χ2n) is 24.8. The van der Waals surface area contributed by atoms with Gasteiger partial charge in [-0.3, -0.25) is 17.6 Å². The van der Waals surface area contributed by atoms with Crippen molar-refractivity contribution in [2.24, 2.45) is 92.2 Å². The van der Waals surface area contributed by atoms with Crippen molar-refractivity contribution >= 4 is 6.29 Å². The van der Waals surface area contributed by atoms with Crippen molar-refractivity contribution in [1.82, 2.24) is 0 Å². The van der Waals surface area contributed by atoms with Crippen LogP contribution in [0, 0.1) is 112 Å². The summed E-state index contributed by atoms with van der Waals surface area (Å²) in [7, 11) is 0. The standard InChI is InChI=1S/C54H89O7.CH3.V.W.Y/c1-16-42-33(5)32(4)35(7)48(58-42)61-46-45(60-47-34(6)31(3)30(2)28-56-47)36(8)38(10)57-49(46)59-43-20-21-51(13)39(37(43)9)19-22-53(15)44(51)18-17-40-41-27-50(11,12)23-25-54(41,29-55)26-24-52(40,53)14;;;;/h26,30-36,38-49H,16-25,27-28H2,1-15H3;1H3;;;/q-3;-1;;;/t30-,31-,32-,33+,34?,35?,36-,38?,39-,40?,41?,42?,43-,44?,45-,46?,47-,48-,49-,51?,52+,53-,54+;;;;/m0..../s1. The molecule has 65 heavy (non-hydrogen) atoms. The van der Waals surface area contributed by atoms with Crippen LogP contribution in [0.5, 0.6) is 0 Å². The van der Waals surface area contributed by atoms with E-state index in [1.807, 2.05) is 0 Å². The van der Waals surface area contributed by atoms with E-state index in [-0.39, 0.29) is 162 Å². The summed E-state index contributed by atoms with van der Waals surface area (Å²) in [6.45, 7) is 36.5. The molecule has 0 aromatic carbocycles. The Bertz CT molecular complexity index is 1570. The molecule has 3 saturated heterocycles. The molecule has 23 atom stereocenters. The predicted molar refractivity (Wildman–Crippen MR) is 248 cm³/mol. The number of fused-ring (bicyclic) bond motifs is 7. The van der Waals surface area contributed by atoms with Crippen molar-refractivity contribution in [2.75, 3.05) is 6.61 Å². The van der Waals surface area contributed by atoms with Crippen LogP contribution in [0.3, 0.4) is 0 Å². The summed E-state index contributed by atoms with van der Waals surface area (Å²) < 4.78 is 42.1. The van der Waals surface area contributed by atoms with Crippen LogP contribution in [0.1, 0.15) is 174 Å². The molecule has 10 heteroatoms. The first-order valence-corrected chi connectivity index (χ1v) is 25.6. The van der Waals surface area contributed by atoms with Gasteiger partial charge in [0, 0.05) is 90.1 Å². The van der Waals surface area contributed by atoms with Gasteiger partial charge < -0.3 is 47.1 Å². The molecule has 5 aliphatic carbocycles. The zero-order chi connectivity index (χ0) is 44.2. The first-order chi connectivity index (χ1) is 28.6. The molecule has 0 aromatic rings. The summed E-state index contributed by atoms with van der Waals surface area (Å²) in [4.78, 5) is 12.9. The third-order valence-corrected chi connectivity index (χ3v) is 21.6. The fraction of sp³-hybridized carbons (Fsp3) is 0.927. The third kappa shape index (κ3) is 10.1. The van der Waals surface area contributed by atoms with Gasteiger partial charge >= 0.3 is 0 Å². The molecule has 8 aliphatic rings. The molecule has 0 N–H and O–H groups in total. The van der Waals surface area contributed by atoms with Crippen LogP contribution < -0.4 is 0 Å². The third-order valence-electron chi connectivity index (χ3n) is 21.6. The summed E-state index contributed by atoms with van der Waals surface area (Å²) in [6, 6.07) is 0. The summed E-state index contributed by atoms with van der Waals surface area (Å²) in [5.41, 5.74) is 0.548. The fourth-order valence-corrected chi connectivity index (χ4v) is 16.1. The van der Waals surface area contributed by atoms with E-state index in [0.717, 1.165) is 44.9 Å². The van der Waals surface area contributed by atoms with Gasteiger partial charge in [-0.05, 0) is 91.8 Å². The van der Waals surface area contributed by atoms with Crippen molar-refractivity contribution in [3.63, 3.8) is 0 Å². The smallest absolute Gasteiger partial charge is 0.184 e. The van der Waals surface area contributed by atoms with Crippen molar-refractivity contribution in [3.05, 3.63) is 19.8 Å². The molecular weight excluding hydrogens is 1100 g/mol. The van der Waals surface area contributed by atoms with Crippen molar-refractivity contribution in [2.45, 2.75) is 224 Å². The fourth-order valence-electron chi connectivity index (χ4n) is 16.1. The Morgan fingerprint density at radius 1 is 0.708 bits per heavy atom. The Morgan fingerprint density at radius 3 is 2.03 bits per heavy atom. The van der Waals surface area contributed by atoms with Crippen LogP contribution in [0.15, 0.2) is 0 Å². The number of hydrogen-bond donors (Lipinski definition) is 0. The summed E-state index contributed by atoms with van der Waals surface area (Å²) in [6.07, 6.45) is 15.6. The van der Waals surface area contributed by atoms with Gasteiger partial charge in [0.05, 0.1) is 24.9 Å². The van der Waals surface area contributed by atoms with Crippen LogP contribution in [-0.2, 0) is 106 Å². The molecule has 8 rings (SSSR count). The minimum atomic E-state index is -0.586. The van der Waals surface area contributed by atoms with Crippen LogP contribution in [0.2, 0.25) is 0 Å². The Kier molecular flexibility index (Phi) is 20.2. The molecule has 7 nitrogen and oxygen atoms in total. The van der Waals surface area contributed by atoms with Crippen molar-refractivity contribution < 1.29 is 106 Å². The Balaban J connectivity index is 0.00000231. The number of rotatable bonds is 8. The topological polar surface area (TPSA) is 72.5 Å². The van der Waals surface area contributed by atoms with Crippen LogP contribution in [0.25, 0.3) is 0 Å². The molecule has 0 amide bonds. The molecule has 8 fully saturated rings. The van der Waals surface area contributed by atoms with Crippen molar-refractivity contribution in [1.29, 1.82) is 0 Å². The van der Waals surface area contributed by atoms with E-state index < -0.39 is 12.4 Å². The van der Waals surface area contributed by atoms with E-state index >= 15 is 0 Å².